The van der Waals surface area contributed by atoms with Crippen LogP contribution >= 0.6 is 0 Å². The van der Waals surface area contributed by atoms with Gasteiger partial charge in [0, 0.05) is 5.56 Å². The van der Waals surface area contributed by atoms with Crippen molar-refractivity contribution in [3.63, 3.8) is 0 Å². The predicted octanol–water partition coefficient (Wildman–Crippen LogP) is 6.18. The maximum atomic E-state index is 12.3. The van der Waals surface area contributed by atoms with Crippen molar-refractivity contribution >= 4 is 11.9 Å². The van der Waals surface area contributed by atoms with Crippen molar-refractivity contribution in [3.8, 4) is 0 Å². The van der Waals surface area contributed by atoms with Crippen LogP contribution in [-0.2, 0) is 10.8 Å². The van der Waals surface area contributed by atoms with Gasteiger partial charge in [0.1, 0.15) is 0 Å². The molecule has 0 aliphatic rings. The van der Waals surface area contributed by atoms with Crippen molar-refractivity contribution in [2.75, 3.05) is 0 Å². The summed E-state index contributed by atoms with van der Waals surface area (Å²) in [6.45, 7) is 13.1. The standard InChI is InChI=1S/C23H28O/c1-22(2,3)19-12-7-17(8-13-19)9-16-21(24)18-10-14-20(15-11-18)23(4,5)6/h7-16H,1-6H3/b16-9+. The number of carbonyl (C=O) groups excluding carboxylic acids is 1. The zero-order chi connectivity index (χ0) is 18.0. The van der Waals surface area contributed by atoms with Gasteiger partial charge < -0.3 is 0 Å². The number of ketones is 1. The Balaban J connectivity index is 2.10. The molecule has 0 aliphatic carbocycles. The van der Waals surface area contributed by atoms with Gasteiger partial charge in [0.05, 0.1) is 0 Å². The van der Waals surface area contributed by atoms with Gasteiger partial charge in [-0.3, -0.25) is 4.79 Å². The first-order valence-corrected chi connectivity index (χ1v) is 8.51. The van der Waals surface area contributed by atoms with E-state index in [-0.39, 0.29) is 16.6 Å². The van der Waals surface area contributed by atoms with Crippen molar-refractivity contribution in [2.24, 2.45) is 0 Å². The lowest BCUT2D eigenvalue weighted by Crippen LogP contribution is -2.11. The van der Waals surface area contributed by atoms with Crippen LogP contribution in [0.4, 0.5) is 0 Å². The number of rotatable bonds is 3. The monoisotopic (exact) mass is 320 g/mol. The summed E-state index contributed by atoms with van der Waals surface area (Å²) in [5.41, 5.74) is 4.55. The number of benzene rings is 2. The highest BCUT2D eigenvalue weighted by Gasteiger charge is 2.14. The van der Waals surface area contributed by atoms with Crippen LogP contribution in [0.3, 0.4) is 0 Å². The fraction of sp³-hybridized carbons (Fsp3) is 0.348. The molecular weight excluding hydrogens is 292 g/mol. The van der Waals surface area contributed by atoms with Gasteiger partial charge in [-0.15, -0.1) is 0 Å². The summed E-state index contributed by atoms with van der Waals surface area (Å²) in [4.78, 5) is 12.3. The highest BCUT2D eigenvalue weighted by Crippen LogP contribution is 2.23. The molecule has 2 aromatic rings. The summed E-state index contributed by atoms with van der Waals surface area (Å²) in [6.07, 6.45) is 3.53. The lowest BCUT2D eigenvalue weighted by molar-refractivity contribution is 0.104. The maximum absolute atomic E-state index is 12.3. The molecule has 0 bridgehead atoms. The Labute approximate surface area is 146 Å². The minimum atomic E-state index is 0.0374. The van der Waals surface area contributed by atoms with Crippen molar-refractivity contribution in [1.29, 1.82) is 0 Å². The highest BCUT2D eigenvalue weighted by atomic mass is 16.1. The summed E-state index contributed by atoms with van der Waals surface area (Å²) in [5, 5.41) is 0. The van der Waals surface area contributed by atoms with E-state index in [0.717, 1.165) is 11.1 Å². The van der Waals surface area contributed by atoms with Crippen molar-refractivity contribution in [1.82, 2.24) is 0 Å². The SMILES string of the molecule is CC(C)(C)c1ccc(/C=C/C(=O)c2ccc(C(C)(C)C)cc2)cc1. The molecule has 1 heteroatoms. The average molecular weight is 320 g/mol. The van der Waals surface area contributed by atoms with Crippen molar-refractivity contribution in [2.45, 2.75) is 52.4 Å². The Morgan fingerprint density at radius 2 is 1.12 bits per heavy atom. The fourth-order valence-corrected chi connectivity index (χ4v) is 2.50. The first-order chi connectivity index (χ1) is 11.1. The van der Waals surface area contributed by atoms with E-state index in [9.17, 15) is 4.79 Å². The van der Waals surface area contributed by atoms with E-state index >= 15 is 0 Å². The molecule has 0 radical (unpaired) electrons. The summed E-state index contributed by atoms with van der Waals surface area (Å²) in [7, 11) is 0. The largest absolute Gasteiger partial charge is 0.289 e. The highest BCUT2D eigenvalue weighted by molar-refractivity contribution is 6.06. The first kappa shape index (κ1) is 18.2. The smallest absolute Gasteiger partial charge is 0.185 e. The van der Waals surface area contributed by atoms with Crippen LogP contribution in [0.2, 0.25) is 0 Å². The Morgan fingerprint density at radius 1 is 0.708 bits per heavy atom. The molecule has 0 spiro atoms. The second kappa shape index (κ2) is 6.76. The van der Waals surface area contributed by atoms with Crippen molar-refractivity contribution < 1.29 is 4.79 Å². The molecule has 0 unspecified atom stereocenters. The van der Waals surface area contributed by atoms with E-state index in [4.69, 9.17) is 0 Å². The van der Waals surface area contributed by atoms with Crippen LogP contribution in [0, 0.1) is 0 Å². The molecule has 0 atom stereocenters. The van der Waals surface area contributed by atoms with Gasteiger partial charge in [0.2, 0.25) is 0 Å². The van der Waals surface area contributed by atoms with Gasteiger partial charge in [0.15, 0.2) is 5.78 Å². The zero-order valence-corrected chi connectivity index (χ0v) is 15.7. The lowest BCUT2D eigenvalue weighted by atomic mass is 9.86. The molecule has 0 saturated heterocycles. The number of hydrogen-bond donors (Lipinski definition) is 0. The van der Waals surface area contributed by atoms with E-state index in [1.807, 2.05) is 30.3 Å². The molecule has 2 rings (SSSR count). The van der Waals surface area contributed by atoms with Crippen LogP contribution < -0.4 is 0 Å². The molecule has 0 heterocycles. The Morgan fingerprint density at radius 3 is 1.54 bits per heavy atom. The summed E-state index contributed by atoms with van der Waals surface area (Å²) in [5.74, 6) is 0.0374. The van der Waals surface area contributed by atoms with E-state index in [2.05, 4.69) is 65.8 Å². The van der Waals surface area contributed by atoms with Gasteiger partial charge in [-0.05, 0) is 33.6 Å². The zero-order valence-electron chi connectivity index (χ0n) is 15.7. The van der Waals surface area contributed by atoms with Gasteiger partial charge in [-0.25, -0.2) is 0 Å². The third-order valence-electron chi connectivity index (χ3n) is 4.24. The normalized spacial score (nSPS) is 12.6. The third kappa shape index (κ3) is 4.67. The van der Waals surface area contributed by atoms with Crippen molar-refractivity contribution in [3.05, 3.63) is 76.9 Å². The van der Waals surface area contributed by atoms with Crippen LogP contribution in [0.25, 0.3) is 6.08 Å². The Bertz CT molecular complexity index is 718. The molecule has 126 valence electrons. The van der Waals surface area contributed by atoms with Gasteiger partial charge in [0.25, 0.3) is 0 Å². The molecule has 2 aromatic carbocycles. The van der Waals surface area contributed by atoms with E-state index in [1.54, 1.807) is 6.08 Å². The minimum Gasteiger partial charge on any atom is -0.289 e. The number of hydrogen-bond acceptors (Lipinski definition) is 1. The average Bonchev–Trinajstić information content (AvgIpc) is 2.51. The lowest BCUT2D eigenvalue weighted by Gasteiger charge is -2.19. The second-order valence-electron chi connectivity index (χ2n) is 8.40. The van der Waals surface area contributed by atoms with Gasteiger partial charge in [-0.1, -0.05) is 96.1 Å². The molecule has 24 heavy (non-hydrogen) atoms. The molecule has 0 amide bonds. The van der Waals surface area contributed by atoms with E-state index < -0.39 is 0 Å². The summed E-state index contributed by atoms with van der Waals surface area (Å²) in [6, 6.07) is 16.3. The first-order valence-electron chi connectivity index (χ1n) is 8.51. The molecular formula is C23H28O. The fourth-order valence-electron chi connectivity index (χ4n) is 2.50. The molecule has 0 aromatic heterocycles. The molecule has 0 saturated carbocycles. The third-order valence-corrected chi connectivity index (χ3v) is 4.24. The quantitative estimate of drug-likeness (QED) is 0.487. The Kier molecular flexibility index (Phi) is 5.13. The van der Waals surface area contributed by atoms with Gasteiger partial charge in [-0.2, -0.15) is 0 Å². The van der Waals surface area contributed by atoms with E-state index in [0.29, 0.717) is 0 Å². The molecule has 0 fully saturated rings. The molecule has 1 nitrogen and oxygen atoms in total. The summed E-state index contributed by atoms with van der Waals surface area (Å²) < 4.78 is 0. The van der Waals surface area contributed by atoms with Crippen LogP contribution in [-0.4, -0.2) is 5.78 Å². The van der Waals surface area contributed by atoms with Crippen LogP contribution in [0.1, 0.15) is 68.6 Å². The van der Waals surface area contributed by atoms with Crippen LogP contribution in [0.15, 0.2) is 54.6 Å². The van der Waals surface area contributed by atoms with E-state index in [1.165, 1.54) is 11.1 Å². The Hall–Kier alpha value is -2.15. The minimum absolute atomic E-state index is 0.0374. The summed E-state index contributed by atoms with van der Waals surface area (Å²) >= 11 is 0. The van der Waals surface area contributed by atoms with Gasteiger partial charge >= 0.3 is 0 Å². The number of allylic oxidation sites excluding steroid dienone is 1. The maximum Gasteiger partial charge on any atom is 0.185 e. The topological polar surface area (TPSA) is 17.1 Å². The molecule has 0 N–H and O–H groups in total. The molecule has 0 aliphatic heterocycles. The predicted molar refractivity (Wildman–Crippen MR) is 104 cm³/mol. The van der Waals surface area contributed by atoms with Crippen LogP contribution in [0.5, 0.6) is 0 Å². The number of carbonyl (C=O) groups is 1. The second-order valence-corrected chi connectivity index (χ2v) is 8.40.